The first-order chi connectivity index (χ1) is 16.2. The number of alkyl halides is 2. The Bertz CT molecular complexity index is 1050. The number of carboxylic acids is 1. The lowest BCUT2D eigenvalue weighted by Gasteiger charge is -2.36. The predicted molar refractivity (Wildman–Crippen MR) is 120 cm³/mol. The fraction of sp³-hybridized carbons (Fsp3) is 0.400. The summed E-state index contributed by atoms with van der Waals surface area (Å²) in [6.45, 7) is -0.373. The van der Waals surface area contributed by atoms with Crippen LogP contribution in [0.5, 0.6) is 0 Å². The number of piperidine rings is 1. The predicted octanol–water partition coefficient (Wildman–Crippen LogP) is 3.97. The van der Waals surface area contributed by atoms with Gasteiger partial charge >= 0.3 is 12.1 Å². The van der Waals surface area contributed by atoms with Gasteiger partial charge in [0.25, 0.3) is 5.92 Å². The summed E-state index contributed by atoms with van der Waals surface area (Å²) in [4.78, 5) is 39.3. The van der Waals surface area contributed by atoms with Crippen LogP contribution < -0.4 is 0 Å². The van der Waals surface area contributed by atoms with Crippen LogP contribution in [0.25, 0.3) is 11.1 Å². The highest BCUT2D eigenvalue weighted by molar-refractivity contribution is 5.89. The molecule has 2 aliphatic rings. The zero-order chi connectivity index (χ0) is 24.5. The van der Waals surface area contributed by atoms with Crippen molar-refractivity contribution >= 4 is 18.0 Å². The van der Waals surface area contributed by atoms with E-state index in [2.05, 4.69) is 0 Å². The van der Waals surface area contributed by atoms with Gasteiger partial charge in [-0.15, -0.1) is 0 Å². The highest BCUT2D eigenvalue weighted by atomic mass is 19.3. The van der Waals surface area contributed by atoms with Crippen LogP contribution in [0.1, 0.15) is 36.3 Å². The van der Waals surface area contributed by atoms with Crippen molar-refractivity contribution in [3.63, 3.8) is 0 Å². The normalized spacial score (nSPS) is 17.4. The molecule has 0 bridgehead atoms. The fourth-order valence-corrected chi connectivity index (χ4v) is 4.64. The number of hydrogen-bond acceptors (Lipinski definition) is 4. The highest BCUT2D eigenvalue weighted by Gasteiger charge is 2.40. The minimum Gasteiger partial charge on any atom is -0.481 e. The van der Waals surface area contributed by atoms with Crippen molar-refractivity contribution in [2.45, 2.75) is 37.1 Å². The second-order valence-electron chi connectivity index (χ2n) is 8.71. The second-order valence-corrected chi connectivity index (χ2v) is 8.71. The van der Waals surface area contributed by atoms with Gasteiger partial charge in [0.05, 0.1) is 6.42 Å². The number of likely N-dealkylation sites (N-methyl/N-ethyl adjacent to an activating group) is 1. The maximum atomic E-state index is 13.5. The molecule has 0 radical (unpaired) electrons. The Balaban J connectivity index is 1.46. The quantitative estimate of drug-likeness (QED) is 0.688. The number of aliphatic carboxylic acids is 1. The number of likely N-dealkylation sites (tertiary alicyclic amines) is 1. The number of rotatable bonds is 6. The van der Waals surface area contributed by atoms with Gasteiger partial charge in [-0.3, -0.25) is 14.5 Å². The number of carbonyl (C=O) groups is 3. The number of ether oxygens (including phenoxy) is 1. The molecule has 0 unspecified atom stereocenters. The SMILES string of the molecule is CN(C(=O)OCC1c2ccccc2-c2ccccc21)[C@@H](CC(=O)O)C(=O)N1CCC(F)(F)CC1. The lowest BCUT2D eigenvalue weighted by atomic mass is 9.98. The Kier molecular flexibility index (Phi) is 6.54. The average Bonchev–Trinajstić information content (AvgIpc) is 3.14. The van der Waals surface area contributed by atoms with Crippen molar-refractivity contribution in [3.05, 3.63) is 59.7 Å². The Hall–Kier alpha value is -3.49. The minimum absolute atomic E-state index is 0.0150. The van der Waals surface area contributed by atoms with E-state index in [1.54, 1.807) is 0 Å². The van der Waals surface area contributed by atoms with E-state index >= 15 is 0 Å². The molecule has 0 saturated carbocycles. The monoisotopic (exact) mass is 472 g/mol. The van der Waals surface area contributed by atoms with Crippen LogP contribution in [0.15, 0.2) is 48.5 Å². The first kappa shape index (κ1) is 23.7. The summed E-state index contributed by atoms with van der Waals surface area (Å²) in [5.74, 6) is -4.99. The maximum absolute atomic E-state index is 13.5. The highest BCUT2D eigenvalue weighted by Crippen LogP contribution is 2.44. The summed E-state index contributed by atoms with van der Waals surface area (Å²) >= 11 is 0. The smallest absolute Gasteiger partial charge is 0.410 e. The molecule has 2 aromatic carbocycles. The van der Waals surface area contributed by atoms with Gasteiger partial charge in [-0.2, -0.15) is 0 Å². The lowest BCUT2D eigenvalue weighted by molar-refractivity contribution is -0.148. The van der Waals surface area contributed by atoms with E-state index in [0.29, 0.717) is 0 Å². The second kappa shape index (κ2) is 9.40. The van der Waals surface area contributed by atoms with Gasteiger partial charge in [0.15, 0.2) is 0 Å². The molecule has 0 aromatic heterocycles. The fourth-order valence-electron chi connectivity index (χ4n) is 4.64. The molecule has 180 valence electrons. The topological polar surface area (TPSA) is 87.1 Å². The molecular weight excluding hydrogens is 446 g/mol. The summed E-state index contributed by atoms with van der Waals surface area (Å²) in [5.41, 5.74) is 4.17. The largest absolute Gasteiger partial charge is 0.481 e. The van der Waals surface area contributed by atoms with Crippen LogP contribution in [0, 0.1) is 0 Å². The number of nitrogens with zero attached hydrogens (tertiary/aromatic N) is 2. The van der Waals surface area contributed by atoms with E-state index in [9.17, 15) is 28.3 Å². The van der Waals surface area contributed by atoms with Crippen molar-refractivity contribution in [1.82, 2.24) is 9.80 Å². The third kappa shape index (κ3) is 4.73. The zero-order valence-corrected chi connectivity index (χ0v) is 18.7. The van der Waals surface area contributed by atoms with Gasteiger partial charge in [-0.05, 0) is 22.3 Å². The number of carboxylic acid groups (broad SMARTS) is 1. The molecule has 1 heterocycles. The van der Waals surface area contributed by atoms with Gasteiger partial charge in [-0.25, -0.2) is 13.6 Å². The van der Waals surface area contributed by atoms with E-state index in [4.69, 9.17) is 4.74 Å². The minimum atomic E-state index is -2.85. The van der Waals surface area contributed by atoms with E-state index in [1.165, 1.54) is 11.9 Å². The van der Waals surface area contributed by atoms with Crippen LogP contribution in [0.4, 0.5) is 13.6 Å². The van der Waals surface area contributed by atoms with Crippen molar-refractivity contribution in [3.8, 4) is 11.1 Å². The van der Waals surface area contributed by atoms with Gasteiger partial charge in [0.1, 0.15) is 12.6 Å². The number of benzene rings is 2. The Morgan fingerprint density at radius 3 is 2.12 bits per heavy atom. The zero-order valence-electron chi connectivity index (χ0n) is 18.7. The third-order valence-electron chi connectivity index (χ3n) is 6.55. The number of carbonyl (C=O) groups excluding carboxylic acids is 2. The molecule has 7 nitrogen and oxygen atoms in total. The molecule has 2 amide bonds. The van der Waals surface area contributed by atoms with Crippen LogP contribution in [0.3, 0.4) is 0 Å². The number of amides is 2. The van der Waals surface area contributed by atoms with Gasteiger partial charge in [-0.1, -0.05) is 48.5 Å². The Labute approximate surface area is 195 Å². The van der Waals surface area contributed by atoms with Gasteiger partial charge in [0, 0.05) is 38.9 Å². The van der Waals surface area contributed by atoms with Crippen LogP contribution >= 0.6 is 0 Å². The Morgan fingerprint density at radius 2 is 1.59 bits per heavy atom. The number of fused-ring (bicyclic) bond motifs is 3. The summed E-state index contributed by atoms with van der Waals surface area (Å²) < 4.78 is 32.5. The van der Waals surface area contributed by atoms with E-state index in [-0.39, 0.29) is 25.6 Å². The molecule has 1 saturated heterocycles. The van der Waals surface area contributed by atoms with Crippen molar-refractivity contribution in [2.75, 3.05) is 26.7 Å². The molecule has 0 spiro atoms. The molecule has 2 aromatic rings. The maximum Gasteiger partial charge on any atom is 0.410 e. The molecule has 1 N–H and O–H groups in total. The molecule has 1 fully saturated rings. The van der Waals surface area contributed by atoms with Crippen molar-refractivity contribution < 1.29 is 33.0 Å². The lowest BCUT2D eigenvalue weighted by Crippen LogP contribution is -2.53. The molecule has 4 rings (SSSR count). The standard InChI is InChI=1S/C25H26F2N2O5/c1-28(21(14-22(30)31)23(32)29-12-10-25(26,27)11-13-29)24(33)34-15-20-18-8-4-2-6-16(18)17-7-3-5-9-19(17)20/h2-9,20-21H,10-15H2,1H3,(H,30,31)/t21-/m0/s1. The van der Waals surface area contributed by atoms with E-state index in [0.717, 1.165) is 27.2 Å². The van der Waals surface area contributed by atoms with Gasteiger partial charge < -0.3 is 14.7 Å². The first-order valence-electron chi connectivity index (χ1n) is 11.1. The molecule has 1 aliphatic heterocycles. The molecule has 1 atom stereocenters. The number of halogens is 2. The Morgan fingerprint density at radius 1 is 1.06 bits per heavy atom. The van der Waals surface area contributed by atoms with Crippen LogP contribution in [-0.4, -0.2) is 71.6 Å². The van der Waals surface area contributed by atoms with E-state index < -0.39 is 49.2 Å². The van der Waals surface area contributed by atoms with Crippen molar-refractivity contribution in [2.24, 2.45) is 0 Å². The molecule has 9 heteroatoms. The summed E-state index contributed by atoms with van der Waals surface area (Å²) in [6, 6.07) is 14.3. The van der Waals surface area contributed by atoms with Crippen LogP contribution in [-0.2, 0) is 14.3 Å². The molecular formula is C25H26F2N2O5. The molecule has 34 heavy (non-hydrogen) atoms. The summed E-state index contributed by atoms with van der Waals surface area (Å²) in [7, 11) is 1.29. The van der Waals surface area contributed by atoms with E-state index in [1.807, 2.05) is 48.5 Å². The first-order valence-corrected chi connectivity index (χ1v) is 11.1. The third-order valence-corrected chi connectivity index (χ3v) is 6.55. The van der Waals surface area contributed by atoms with Crippen molar-refractivity contribution in [1.29, 1.82) is 0 Å². The summed E-state index contributed by atoms with van der Waals surface area (Å²) in [5, 5.41) is 9.30. The number of hydrogen-bond donors (Lipinski definition) is 1. The van der Waals surface area contributed by atoms with Gasteiger partial charge in [0.2, 0.25) is 5.91 Å². The molecule has 1 aliphatic carbocycles. The van der Waals surface area contributed by atoms with Crippen LogP contribution in [0.2, 0.25) is 0 Å². The average molecular weight is 472 g/mol. The summed E-state index contributed by atoms with van der Waals surface area (Å²) in [6.07, 6.45) is -2.48.